The maximum atomic E-state index is 12.1. The number of nitrogens with one attached hydrogen (secondary N) is 3. The van der Waals surface area contributed by atoms with Gasteiger partial charge in [-0.1, -0.05) is 60.1 Å². The van der Waals surface area contributed by atoms with Gasteiger partial charge in [-0.2, -0.15) is 0 Å². The fourth-order valence-electron chi connectivity index (χ4n) is 2.47. The highest BCUT2D eigenvalue weighted by Crippen LogP contribution is 2.24. The van der Waals surface area contributed by atoms with E-state index in [0.29, 0.717) is 10.8 Å². The standard InChI is InChI=1S/C20H16ClN3O3S/c21-16-10-4-3-9-15(16)19(26)22-20(28)24-23-18(25)12-27-17-11-5-7-13-6-1-2-8-14(13)17/h1-11H,12H2,(H,23,25)(H2,22,24,26,28). The molecule has 6 nitrogen and oxygen atoms in total. The van der Waals surface area contributed by atoms with Crippen LogP contribution >= 0.6 is 23.8 Å². The summed E-state index contributed by atoms with van der Waals surface area (Å²) in [5.41, 5.74) is 5.10. The lowest BCUT2D eigenvalue weighted by molar-refractivity contribution is -0.123. The van der Waals surface area contributed by atoms with E-state index >= 15 is 0 Å². The summed E-state index contributed by atoms with van der Waals surface area (Å²) in [5, 5.41) is 4.59. The van der Waals surface area contributed by atoms with Crippen LogP contribution in [-0.4, -0.2) is 23.5 Å². The van der Waals surface area contributed by atoms with Crippen LogP contribution < -0.4 is 20.9 Å². The van der Waals surface area contributed by atoms with Gasteiger partial charge in [0.15, 0.2) is 11.7 Å². The molecule has 142 valence electrons. The number of hydrogen-bond acceptors (Lipinski definition) is 4. The molecule has 3 rings (SSSR count). The summed E-state index contributed by atoms with van der Waals surface area (Å²) in [7, 11) is 0. The van der Waals surface area contributed by atoms with Crippen LogP contribution in [0.2, 0.25) is 5.02 Å². The first-order chi connectivity index (χ1) is 13.5. The summed E-state index contributed by atoms with van der Waals surface area (Å²) in [6, 6.07) is 19.9. The lowest BCUT2D eigenvalue weighted by atomic mass is 10.1. The molecule has 0 bridgehead atoms. The van der Waals surface area contributed by atoms with Crippen LogP contribution in [0.3, 0.4) is 0 Å². The van der Waals surface area contributed by atoms with E-state index in [1.807, 2.05) is 36.4 Å². The third-order valence-electron chi connectivity index (χ3n) is 3.77. The molecule has 0 aliphatic rings. The van der Waals surface area contributed by atoms with Gasteiger partial charge >= 0.3 is 0 Å². The highest BCUT2D eigenvalue weighted by Gasteiger charge is 2.12. The summed E-state index contributed by atoms with van der Waals surface area (Å²) < 4.78 is 5.58. The molecule has 0 aliphatic carbocycles. The molecular weight excluding hydrogens is 398 g/mol. The zero-order chi connectivity index (χ0) is 19.9. The highest BCUT2D eigenvalue weighted by atomic mass is 35.5. The molecule has 2 amide bonds. The molecule has 3 N–H and O–H groups in total. The Morgan fingerprint density at radius 2 is 1.64 bits per heavy atom. The van der Waals surface area contributed by atoms with Gasteiger partial charge in [0, 0.05) is 5.39 Å². The van der Waals surface area contributed by atoms with Crippen LogP contribution in [0.15, 0.2) is 66.7 Å². The van der Waals surface area contributed by atoms with Crippen LogP contribution in [0.1, 0.15) is 10.4 Å². The van der Waals surface area contributed by atoms with Crippen molar-refractivity contribution in [1.82, 2.24) is 16.2 Å². The average molecular weight is 414 g/mol. The predicted octanol–water partition coefficient (Wildman–Crippen LogP) is 3.21. The number of hydrogen-bond donors (Lipinski definition) is 3. The molecule has 0 saturated carbocycles. The minimum atomic E-state index is -0.482. The second kappa shape index (κ2) is 9.16. The lowest BCUT2D eigenvalue weighted by Crippen LogP contribution is -2.49. The summed E-state index contributed by atoms with van der Waals surface area (Å²) in [6.45, 7) is -0.220. The van der Waals surface area contributed by atoms with Gasteiger partial charge in [0.2, 0.25) is 0 Å². The Hall–Kier alpha value is -3.16. The van der Waals surface area contributed by atoms with Crippen molar-refractivity contribution < 1.29 is 14.3 Å². The summed E-state index contributed by atoms with van der Waals surface area (Å²) in [6.07, 6.45) is 0. The second-order valence-corrected chi connectivity index (χ2v) is 6.52. The smallest absolute Gasteiger partial charge is 0.276 e. The Kier molecular flexibility index (Phi) is 6.41. The quantitative estimate of drug-likeness (QED) is 0.452. The van der Waals surface area contributed by atoms with Gasteiger partial charge in [-0.05, 0) is 35.8 Å². The molecular formula is C20H16ClN3O3S. The van der Waals surface area contributed by atoms with E-state index < -0.39 is 11.8 Å². The van der Waals surface area contributed by atoms with Crippen LogP contribution in [0.4, 0.5) is 0 Å². The zero-order valence-electron chi connectivity index (χ0n) is 14.6. The van der Waals surface area contributed by atoms with Crippen molar-refractivity contribution in [3.63, 3.8) is 0 Å². The first-order valence-electron chi connectivity index (χ1n) is 8.30. The number of amides is 2. The van der Waals surface area contributed by atoms with Gasteiger partial charge in [-0.3, -0.25) is 25.8 Å². The molecule has 0 spiro atoms. The molecule has 0 radical (unpaired) electrons. The van der Waals surface area contributed by atoms with E-state index in [1.165, 1.54) is 0 Å². The molecule has 0 fully saturated rings. The number of fused-ring (bicyclic) bond motifs is 1. The van der Waals surface area contributed by atoms with Gasteiger partial charge in [0.1, 0.15) is 5.75 Å². The van der Waals surface area contributed by atoms with Gasteiger partial charge in [0.25, 0.3) is 11.8 Å². The van der Waals surface area contributed by atoms with Crippen LogP contribution in [0.5, 0.6) is 5.75 Å². The normalized spacial score (nSPS) is 10.2. The Labute approximate surface area is 171 Å². The molecule has 3 aromatic carbocycles. The number of hydrazine groups is 1. The van der Waals surface area contributed by atoms with E-state index in [-0.39, 0.29) is 17.3 Å². The first-order valence-corrected chi connectivity index (χ1v) is 9.08. The van der Waals surface area contributed by atoms with Crippen molar-refractivity contribution in [3.8, 4) is 5.75 Å². The maximum Gasteiger partial charge on any atom is 0.276 e. The van der Waals surface area contributed by atoms with E-state index in [1.54, 1.807) is 30.3 Å². The highest BCUT2D eigenvalue weighted by molar-refractivity contribution is 7.80. The largest absolute Gasteiger partial charge is 0.483 e. The Bertz CT molecular complexity index is 1040. The average Bonchev–Trinajstić information content (AvgIpc) is 2.71. The summed E-state index contributed by atoms with van der Waals surface area (Å²) in [4.78, 5) is 24.1. The topological polar surface area (TPSA) is 79.5 Å². The molecule has 0 heterocycles. The molecule has 0 aliphatic heterocycles. The van der Waals surface area contributed by atoms with Crippen LogP contribution in [0, 0.1) is 0 Å². The van der Waals surface area contributed by atoms with Crippen molar-refractivity contribution in [1.29, 1.82) is 0 Å². The monoisotopic (exact) mass is 413 g/mol. The number of benzene rings is 3. The first kappa shape index (κ1) is 19.6. The van der Waals surface area contributed by atoms with E-state index in [0.717, 1.165) is 10.8 Å². The third kappa shape index (κ3) is 4.97. The van der Waals surface area contributed by atoms with Gasteiger partial charge in [-0.25, -0.2) is 0 Å². The summed E-state index contributed by atoms with van der Waals surface area (Å²) in [5.74, 6) is -0.338. The maximum absolute atomic E-state index is 12.1. The SMILES string of the molecule is O=C(COc1cccc2ccccc12)NNC(=S)NC(=O)c1ccccc1Cl. The molecule has 0 saturated heterocycles. The van der Waals surface area contributed by atoms with Crippen molar-refractivity contribution in [3.05, 3.63) is 77.3 Å². The number of thiocarbonyl (C=S) groups is 1. The van der Waals surface area contributed by atoms with Crippen molar-refractivity contribution in [2.24, 2.45) is 0 Å². The summed E-state index contributed by atoms with van der Waals surface area (Å²) >= 11 is 11.0. The number of halogens is 1. The Balaban J connectivity index is 1.48. The molecule has 0 atom stereocenters. The van der Waals surface area contributed by atoms with Crippen LogP contribution in [0.25, 0.3) is 10.8 Å². The molecule has 0 aromatic heterocycles. The predicted molar refractivity (Wildman–Crippen MR) is 112 cm³/mol. The minimum absolute atomic E-state index is 0.0663. The molecule has 3 aromatic rings. The Morgan fingerprint density at radius 1 is 0.929 bits per heavy atom. The van der Waals surface area contributed by atoms with Crippen molar-refractivity contribution in [2.75, 3.05) is 6.61 Å². The number of ether oxygens (including phenoxy) is 1. The molecule has 8 heteroatoms. The fourth-order valence-corrected chi connectivity index (χ4v) is 2.84. The number of carbonyl (C=O) groups is 2. The van der Waals surface area contributed by atoms with E-state index in [4.69, 9.17) is 28.6 Å². The lowest BCUT2D eigenvalue weighted by Gasteiger charge is -2.12. The Morgan fingerprint density at radius 3 is 2.46 bits per heavy atom. The minimum Gasteiger partial charge on any atom is -0.483 e. The number of rotatable bonds is 4. The second-order valence-electron chi connectivity index (χ2n) is 5.70. The van der Waals surface area contributed by atoms with Crippen molar-refractivity contribution >= 4 is 51.5 Å². The molecule has 0 unspecified atom stereocenters. The van der Waals surface area contributed by atoms with E-state index in [9.17, 15) is 9.59 Å². The van der Waals surface area contributed by atoms with E-state index in [2.05, 4.69) is 16.2 Å². The van der Waals surface area contributed by atoms with Gasteiger partial charge in [0.05, 0.1) is 10.6 Å². The third-order valence-corrected chi connectivity index (χ3v) is 4.30. The zero-order valence-corrected chi connectivity index (χ0v) is 16.1. The van der Waals surface area contributed by atoms with Gasteiger partial charge < -0.3 is 4.74 Å². The molecule has 28 heavy (non-hydrogen) atoms. The van der Waals surface area contributed by atoms with Crippen LogP contribution in [-0.2, 0) is 4.79 Å². The van der Waals surface area contributed by atoms with Crippen molar-refractivity contribution in [2.45, 2.75) is 0 Å². The fraction of sp³-hybridized carbons (Fsp3) is 0.0500. The van der Waals surface area contributed by atoms with Gasteiger partial charge in [-0.15, -0.1) is 0 Å². The number of carbonyl (C=O) groups excluding carboxylic acids is 2.